The van der Waals surface area contributed by atoms with Crippen LogP contribution in [-0.4, -0.2) is 42.2 Å². The monoisotopic (exact) mass is 301 g/mol. The molecular formula is C14H17ClFNO3. The fraction of sp³-hybridized carbons (Fsp3) is 0.500. The van der Waals surface area contributed by atoms with E-state index in [0.717, 1.165) is 12.8 Å². The molecule has 1 N–H and O–H groups in total. The quantitative estimate of drug-likeness (QED) is 0.926. The lowest BCUT2D eigenvalue weighted by molar-refractivity contribution is -0.135. The predicted molar refractivity (Wildman–Crippen MR) is 73.3 cm³/mol. The molecule has 6 heteroatoms. The third-order valence-electron chi connectivity index (χ3n) is 3.38. The minimum absolute atomic E-state index is 0.0340. The third-order valence-corrected chi connectivity index (χ3v) is 3.67. The normalized spacial score (nSPS) is 18.9. The number of carbonyl (C=O) groups excluding carboxylic acids is 1. The number of likely N-dealkylation sites (tertiary alicyclic amines) is 1. The van der Waals surface area contributed by atoms with Crippen molar-refractivity contribution in [2.45, 2.75) is 12.8 Å². The molecule has 0 aliphatic carbocycles. The molecule has 4 nitrogen and oxygen atoms in total. The molecule has 0 saturated carbocycles. The number of aliphatic hydroxyl groups is 1. The van der Waals surface area contributed by atoms with Crippen LogP contribution in [0.3, 0.4) is 0 Å². The Morgan fingerprint density at radius 2 is 2.35 bits per heavy atom. The van der Waals surface area contributed by atoms with Crippen molar-refractivity contribution >= 4 is 17.5 Å². The average Bonchev–Trinajstić information content (AvgIpc) is 2.48. The molecule has 1 atom stereocenters. The Morgan fingerprint density at radius 3 is 3.05 bits per heavy atom. The van der Waals surface area contributed by atoms with Gasteiger partial charge < -0.3 is 14.7 Å². The summed E-state index contributed by atoms with van der Waals surface area (Å²) in [6.07, 6.45) is 1.83. The number of benzene rings is 1. The van der Waals surface area contributed by atoms with Crippen molar-refractivity contribution in [1.82, 2.24) is 4.90 Å². The van der Waals surface area contributed by atoms with Crippen LogP contribution in [0.25, 0.3) is 0 Å². The molecule has 1 saturated heterocycles. The molecule has 1 heterocycles. The molecule has 20 heavy (non-hydrogen) atoms. The summed E-state index contributed by atoms with van der Waals surface area (Å²) in [5, 5.41) is 9.10. The van der Waals surface area contributed by atoms with E-state index in [9.17, 15) is 9.18 Å². The van der Waals surface area contributed by atoms with Gasteiger partial charge in [0.15, 0.2) is 6.61 Å². The highest BCUT2D eigenvalue weighted by atomic mass is 35.5. The van der Waals surface area contributed by atoms with Gasteiger partial charge in [-0.3, -0.25) is 4.79 Å². The Morgan fingerprint density at radius 1 is 1.55 bits per heavy atom. The van der Waals surface area contributed by atoms with Gasteiger partial charge in [0, 0.05) is 25.8 Å². The minimum Gasteiger partial charge on any atom is -0.484 e. The lowest BCUT2D eigenvalue weighted by Crippen LogP contribution is -2.43. The van der Waals surface area contributed by atoms with Gasteiger partial charge in [0.1, 0.15) is 11.6 Å². The number of carbonyl (C=O) groups is 1. The maximum Gasteiger partial charge on any atom is 0.260 e. The Hall–Kier alpha value is -1.33. The van der Waals surface area contributed by atoms with Crippen LogP contribution < -0.4 is 4.74 Å². The molecule has 1 unspecified atom stereocenters. The zero-order valence-corrected chi connectivity index (χ0v) is 11.8. The van der Waals surface area contributed by atoms with Crippen LogP contribution in [0, 0.1) is 11.7 Å². The molecule has 1 fully saturated rings. The van der Waals surface area contributed by atoms with Crippen molar-refractivity contribution in [1.29, 1.82) is 0 Å². The fourth-order valence-electron chi connectivity index (χ4n) is 2.24. The highest BCUT2D eigenvalue weighted by Crippen LogP contribution is 2.21. The lowest BCUT2D eigenvalue weighted by Gasteiger charge is -2.31. The van der Waals surface area contributed by atoms with Crippen LogP contribution in [0.4, 0.5) is 4.39 Å². The molecular weight excluding hydrogens is 285 g/mol. The SMILES string of the molecule is O=C(COc1ccc(F)c(Cl)c1)N1CCCC(CO)C1. The van der Waals surface area contributed by atoms with Crippen LogP contribution in [-0.2, 0) is 4.79 Å². The van der Waals surface area contributed by atoms with Crippen molar-refractivity contribution in [3.05, 3.63) is 29.0 Å². The summed E-state index contributed by atoms with van der Waals surface area (Å²) >= 11 is 5.64. The first-order valence-corrected chi connectivity index (χ1v) is 6.94. The van der Waals surface area contributed by atoms with Crippen LogP contribution in [0.5, 0.6) is 5.75 Å². The summed E-state index contributed by atoms with van der Waals surface area (Å²) in [7, 11) is 0. The van der Waals surface area contributed by atoms with Gasteiger partial charge in [0.25, 0.3) is 5.91 Å². The van der Waals surface area contributed by atoms with Crippen molar-refractivity contribution in [3.63, 3.8) is 0 Å². The molecule has 2 rings (SSSR count). The van der Waals surface area contributed by atoms with Gasteiger partial charge in [-0.1, -0.05) is 11.6 Å². The van der Waals surface area contributed by atoms with E-state index in [1.54, 1.807) is 4.90 Å². The van der Waals surface area contributed by atoms with Gasteiger partial charge in [0.2, 0.25) is 0 Å². The molecule has 0 spiro atoms. The summed E-state index contributed by atoms with van der Waals surface area (Å²) in [5.41, 5.74) is 0. The molecule has 1 amide bonds. The Labute approximate surface area is 122 Å². The van der Waals surface area contributed by atoms with Gasteiger partial charge >= 0.3 is 0 Å². The van der Waals surface area contributed by atoms with Crippen LogP contribution in [0.15, 0.2) is 18.2 Å². The average molecular weight is 302 g/mol. The number of hydrogen-bond acceptors (Lipinski definition) is 3. The van der Waals surface area contributed by atoms with Crippen molar-refractivity contribution < 1.29 is 19.0 Å². The minimum atomic E-state index is -0.521. The summed E-state index contributed by atoms with van der Waals surface area (Å²) in [4.78, 5) is 13.7. The molecule has 1 aromatic carbocycles. The highest BCUT2D eigenvalue weighted by Gasteiger charge is 2.23. The van der Waals surface area contributed by atoms with E-state index >= 15 is 0 Å². The maximum absolute atomic E-state index is 13.0. The standard InChI is InChI=1S/C14H17ClFNO3/c15-12-6-11(3-4-13(12)16)20-9-14(19)17-5-1-2-10(7-17)8-18/h3-4,6,10,18H,1-2,5,7-9H2. The summed E-state index contributed by atoms with van der Waals surface area (Å²) in [6.45, 7) is 1.23. The van der Waals surface area contributed by atoms with Crippen LogP contribution >= 0.6 is 11.6 Å². The Balaban J connectivity index is 1.86. The second-order valence-corrected chi connectivity index (χ2v) is 5.30. The summed E-state index contributed by atoms with van der Waals surface area (Å²) < 4.78 is 18.3. The molecule has 110 valence electrons. The van der Waals surface area contributed by atoms with E-state index in [1.807, 2.05) is 0 Å². The first-order chi connectivity index (χ1) is 9.60. The largest absolute Gasteiger partial charge is 0.484 e. The topological polar surface area (TPSA) is 49.8 Å². The third kappa shape index (κ3) is 3.84. The summed E-state index contributed by atoms with van der Waals surface area (Å²) in [5.74, 6) is -0.149. The highest BCUT2D eigenvalue weighted by molar-refractivity contribution is 6.30. The van der Waals surface area contributed by atoms with E-state index in [0.29, 0.717) is 18.8 Å². The Kier molecular flexibility index (Phi) is 5.20. The zero-order valence-electron chi connectivity index (χ0n) is 11.0. The Bertz CT molecular complexity index is 483. The summed E-state index contributed by atoms with van der Waals surface area (Å²) in [6, 6.07) is 3.98. The van der Waals surface area contributed by atoms with Crippen LogP contribution in [0.1, 0.15) is 12.8 Å². The van der Waals surface area contributed by atoms with E-state index in [4.69, 9.17) is 21.4 Å². The molecule has 0 bridgehead atoms. The van der Waals surface area contributed by atoms with Gasteiger partial charge in [0.05, 0.1) is 5.02 Å². The van der Waals surface area contributed by atoms with Gasteiger partial charge in [-0.05, 0) is 30.9 Å². The molecule has 1 aromatic rings. The van der Waals surface area contributed by atoms with E-state index in [2.05, 4.69) is 0 Å². The van der Waals surface area contributed by atoms with Crippen molar-refractivity contribution in [2.24, 2.45) is 5.92 Å². The van der Waals surface area contributed by atoms with Gasteiger partial charge in [-0.15, -0.1) is 0 Å². The second-order valence-electron chi connectivity index (χ2n) is 4.90. The van der Waals surface area contributed by atoms with Crippen molar-refractivity contribution in [3.8, 4) is 5.75 Å². The van der Waals surface area contributed by atoms with E-state index in [-0.39, 0.29) is 30.1 Å². The second kappa shape index (κ2) is 6.90. The van der Waals surface area contributed by atoms with E-state index in [1.165, 1.54) is 18.2 Å². The first kappa shape index (κ1) is 15.1. The number of amides is 1. The first-order valence-electron chi connectivity index (χ1n) is 6.56. The lowest BCUT2D eigenvalue weighted by atomic mass is 9.99. The fourth-order valence-corrected chi connectivity index (χ4v) is 2.41. The predicted octanol–water partition coefficient (Wildman–Crippen LogP) is 2.09. The number of rotatable bonds is 4. The number of nitrogens with zero attached hydrogens (tertiary/aromatic N) is 1. The van der Waals surface area contributed by atoms with Crippen LogP contribution in [0.2, 0.25) is 5.02 Å². The van der Waals surface area contributed by atoms with Gasteiger partial charge in [-0.2, -0.15) is 0 Å². The van der Waals surface area contributed by atoms with Crippen molar-refractivity contribution in [2.75, 3.05) is 26.3 Å². The zero-order chi connectivity index (χ0) is 14.5. The smallest absolute Gasteiger partial charge is 0.260 e. The molecule has 0 aromatic heterocycles. The molecule has 0 radical (unpaired) electrons. The molecule has 1 aliphatic heterocycles. The number of ether oxygens (including phenoxy) is 1. The number of hydrogen-bond donors (Lipinski definition) is 1. The molecule has 1 aliphatic rings. The number of piperidine rings is 1. The van der Waals surface area contributed by atoms with Gasteiger partial charge in [-0.25, -0.2) is 4.39 Å². The van der Waals surface area contributed by atoms with E-state index < -0.39 is 5.82 Å². The number of aliphatic hydroxyl groups excluding tert-OH is 1. The maximum atomic E-state index is 13.0. The number of halogens is 2.